The molecule has 1 heteroatoms. The first-order valence-corrected chi connectivity index (χ1v) is 5.55. The Hall–Kier alpha value is 0.350. The molecule has 0 aliphatic heterocycles. The third-order valence-electron chi connectivity index (χ3n) is 1.59. The molecule has 0 aliphatic carbocycles. The van der Waals surface area contributed by atoms with Gasteiger partial charge in [0.25, 0.3) is 0 Å². The average molecular weight is 174 g/mol. The topological polar surface area (TPSA) is 0 Å². The van der Waals surface area contributed by atoms with Gasteiger partial charge < -0.3 is 0 Å². The van der Waals surface area contributed by atoms with Crippen molar-refractivity contribution in [1.82, 2.24) is 0 Å². The van der Waals surface area contributed by atoms with Crippen molar-refractivity contribution in [3.63, 3.8) is 0 Å². The number of hydrogen-bond acceptors (Lipinski definition) is 1. The van der Waals surface area contributed by atoms with Crippen LogP contribution >= 0.6 is 11.8 Å². The van der Waals surface area contributed by atoms with Gasteiger partial charge in [0, 0.05) is 10.00 Å². The van der Waals surface area contributed by atoms with Gasteiger partial charge in [0.15, 0.2) is 0 Å². The van der Waals surface area contributed by atoms with Crippen molar-refractivity contribution in [3.8, 4) is 0 Å². The summed E-state index contributed by atoms with van der Waals surface area (Å²) in [6.07, 6.45) is 4.01. The smallest absolute Gasteiger partial charge is 0.00778 e. The molecular weight excluding hydrogens is 152 g/mol. The molecule has 0 aliphatic rings. The highest BCUT2D eigenvalue weighted by molar-refractivity contribution is 8.01. The third kappa shape index (κ3) is 6.74. The highest BCUT2D eigenvalue weighted by Crippen LogP contribution is 2.31. The molecule has 0 aromatic carbocycles. The highest BCUT2D eigenvalue weighted by Gasteiger charge is 2.16. The van der Waals surface area contributed by atoms with Crippen molar-refractivity contribution in [2.24, 2.45) is 0 Å². The molecule has 0 bridgehead atoms. The second kappa shape index (κ2) is 5.08. The summed E-state index contributed by atoms with van der Waals surface area (Å²) in [5.41, 5.74) is 0. The first kappa shape index (κ1) is 11.4. The van der Waals surface area contributed by atoms with Crippen LogP contribution in [0.15, 0.2) is 0 Å². The molecule has 0 radical (unpaired) electrons. The van der Waals surface area contributed by atoms with Gasteiger partial charge in [-0.15, -0.1) is 0 Å². The Bertz CT molecular complexity index is 91.5. The Morgan fingerprint density at radius 2 is 1.73 bits per heavy atom. The first-order valence-electron chi connectivity index (χ1n) is 4.67. The van der Waals surface area contributed by atoms with Gasteiger partial charge in [-0.2, -0.15) is 11.8 Å². The minimum atomic E-state index is 0.440. The van der Waals surface area contributed by atoms with Gasteiger partial charge in [0.1, 0.15) is 0 Å². The molecule has 0 heterocycles. The fraction of sp³-hybridized carbons (Fsp3) is 1.00. The second-order valence-corrected chi connectivity index (χ2v) is 6.18. The molecule has 0 saturated heterocycles. The van der Waals surface area contributed by atoms with Gasteiger partial charge in [0.2, 0.25) is 0 Å². The van der Waals surface area contributed by atoms with Crippen LogP contribution in [-0.4, -0.2) is 10.00 Å². The quantitative estimate of drug-likeness (QED) is 0.618. The lowest BCUT2D eigenvalue weighted by Gasteiger charge is -2.24. The van der Waals surface area contributed by atoms with E-state index in [0.717, 1.165) is 5.25 Å². The second-order valence-electron chi connectivity index (χ2n) is 4.05. The van der Waals surface area contributed by atoms with E-state index in [-0.39, 0.29) is 0 Å². The summed E-state index contributed by atoms with van der Waals surface area (Å²) in [5, 5.41) is 0.875. The molecule has 68 valence electrons. The zero-order valence-corrected chi connectivity index (χ0v) is 9.42. The van der Waals surface area contributed by atoms with E-state index < -0.39 is 0 Å². The monoisotopic (exact) mass is 174 g/mol. The maximum absolute atomic E-state index is 2.30. The predicted octanol–water partition coefficient (Wildman–Crippen LogP) is 4.10. The van der Waals surface area contributed by atoms with Gasteiger partial charge >= 0.3 is 0 Å². The van der Waals surface area contributed by atoms with Crippen LogP contribution in [0.2, 0.25) is 0 Å². The van der Waals surface area contributed by atoms with E-state index in [1.807, 2.05) is 0 Å². The molecule has 0 aromatic heterocycles. The molecule has 0 amide bonds. The van der Waals surface area contributed by atoms with Crippen LogP contribution in [0.5, 0.6) is 0 Å². The SMILES string of the molecule is CCCC(CC)SC(C)(C)C. The van der Waals surface area contributed by atoms with E-state index in [2.05, 4.69) is 46.4 Å². The van der Waals surface area contributed by atoms with Gasteiger partial charge in [-0.05, 0) is 12.8 Å². The lowest BCUT2D eigenvalue weighted by atomic mass is 10.2. The molecule has 0 spiro atoms. The lowest BCUT2D eigenvalue weighted by molar-refractivity contribution is 0.699. The van der Waals surface area contributed by atoms with Crippen LogP contribution in [0.1, 0.15) is 53.9 Å². The molecule has 0 saturated carbocycles. The molecule has 0 aromatic rings. The van der Waals surface area contributed by atoms with E-state index in [1.165, 1.54) is 19.3 Å². The first-order chi connectivity index (χ1) is 4.99. The van der Waals surface area contributed by atoms with E-state index in [1.54, 1.807) is 0 Å². The van der Waals surface area contributed by atoms with Crippen LogP contribution < -0.4 is 0 Å². The van der Waals surface area contributed by atoms with Gasteiger partial charge in [-0.1, -0.05) is 41.0 Å². The summed E-state index contributed by atoms with van der Waals surface area (Å²) in [5.74, 6) is 0. The van der Waals surface area contributed by atoms with Gasteiger partial charge in [-0.25, -0.2) is 0 Å². The highest BCUT2D eigenvalue weighted by atomic mass is 32.2. The number of rotatable bonds is 4. The maximum atomic E-state index is 2.30. The lowest BCUT2D eigenvalue weighted by Crippen LogP contribution is -2.14. The fourth-order valence-corrected chi connectivity index (χ4v) is 2.69. The van der Waals surface area contributed by atoms with Crippen LogP contribution in [0, 0.1) is 0 Å². The summed E-state index contributed by atoms with van der Waals surface area (Å²) in [6.45, 7) is 11.5. The third-order valence-corrected chi connectivity index (χ3v) is 3.20. The van der Waals surface area contributed by atoms with Crippen molar-refractivity contribution in [3.05, 3.63) is 0 Å². The standard InChI is InChI=1S/C10H22S/c1-6-8-9(7-2)11-10(3,4)5/h9H,6-8H2,1-5H3. The normalized spacial score (nSPS) is 15.0. The summed E-state index contributed by atoms with van der Waals surface area (Å²) >= 11 is 2.13. The molecule has 1 atom stereocenters. The average Bonchev–Trinajstić information content (AvgIpc) is 1.84. The Balaban J connectivity index is 3.68. The van der Waals surface area contributed by atoms with Crippen molar-refractivity contribution in [2.75, 3.05) is 0 Å². The van der Waals surface area contributed by atoms with Crippen molar-refractivity contribution < 1.29 is 0 Å². The number of thioether (sulfide) groups is 1. The van der Waals surface area contributed by atoms with Crippen LogP contribution in [0.3, 0.4) is 0 Å². The molecule has 0 rings (SSSR count). The Morgan fingerprint density at radius 1 is 1.18 bits per heavy atom. The minimum Gasteiger partial charge on any atom is -0.153 e. The van der Waals surface area contributed by atoms with Gasteiger partial charge in [-0.3, -0.25) is 0 Å². The Labute approximate surface area is 76.1 Å². The van der Waals surface area contributed by atoms with Crippen LogP contribution in [0.25, 0.3) is 0 Å². The Kier molecular flexibility index (Phi) is 5.24. The Morgan fingerprint density at radius 3 is 2.00 bits per heavy atom. The zero-order chi connectivity index (χ0) is 8.91. The zero-order valence-electron chi connectivity index (χ0n) is 8.61. The fourth-order valence-electron chi connectivity index (χ4n) is 1.17. The van der Waals surface area contributed by atoms with E-state index in [0.29, 0.717) is 4.75 Å². The van der Waals surface area contributed by atoms with Crippen LogP contribution in [0.4, 0.5) is 0 Å². The number of hydrogen-bond donors (Lipinski definition) is 0. The van der Waals surface area contributed by atoms with E-state index >= 15 is 0 Å². The molecule has 0 fully saturated rings. The summed E-state index contributed by atoms with van der Waals surface area (Å²) in [4.78, 5) is 0. The predicted molar refractivity (Wildman–Crippen MR) is 56.3 cm³/mol. The van der Waals surface area contributed by atoms with Gasteiger partial charge in [0.05, 0.1) is 0 Å². The molecule has 0 nitrogen and oxygen atoms in total. The summed E-state index contributed by atoms with van der Waals surface area (Å²) in [7, 11) is 0. The van der Waals surface area contributed by atoms with Crippen molar-refractivity contribution >= 4 is 11.8 Å². The largest absolute Gasteiger partial charge is 0.153 e. The van der Waals surface area contributed by atoms with E-state index in [4.69, 9.17) is 0 Å². The molecule has 11 heavy (non-hydrogen) atoms. The van der Waals surface area contributed by atoms with Crippen LogP contribution in [-0.2, 0) is 0 Å². The summed E-state index contributed by atoms with van der Waals surface area (Å²) < 4.78 is 0.440. The molecule has 0 N–H and O–H groups in total. The minimum absolute atomic E-state index is 0.440. The summed E-state index contributed by atoms with van der Waals surface area (Å²) in [6, 6.07) is 0. The van der Waals surface area contributed by atoms with E-state index in [9.17, 15) is 0 Å². The molecular formula is C10H22S. The van der Waals surface area contributed by atoms with Crippen molar-refractivity contribution in [2.45, 2.75) is 63.9 Å². The van der Waals surface area contributed by atoms with Crippen molar-refractivity contribution in [1.29, 1.82) is 0 Å². The molecule has 1 unspecified atom stereocenters. The maximum Gasteiger partial charge on any atom is 0.00778 e.